The number of nitrogens with zero attached hydrogens (tertiary/aromatic N) is 1. The van der Waals surface area contributed by atoms with E-state index in [1.165, 1.54) is 17.4 Å². The number of carbonyl (C=O) groups excluding carboxylic acids is 1. The van der Waals surface area contributed by atoms with Gasteiger partial charge < -0.3 is 0 Å². The lowest BCUT2D eigenvalue weighted by atomic mass is 10.2. The molecule has 1 aromatic heterocycles. The summed E-state index contributed by atoms with van der Waals surface area (Å²) in [6.07, 6.45) is 0. The fourth-order valence-corrected chi connectivity index (χ4v) is 3.47. The largest absolute Gasteiger partial charge is 0.298 e. The highest BCUT2D eigenvalue weighted by molar-refractivity contribution is 9.10. The van der Waals surface area contributed by atoms with Gasteiger partial charge >= 0.3 is 0 Å². The molecule has 3 rings (SSSR count). The van der Waals surface area contributed by atoms with E-state index in [1.54, 1.807) is 12.1 Å². The summed E-state index contributed by atoms with van der Waals surface area (Å²) < 4.78 is 1.97. The Hall–Kier alpha value is -1.14. The molecule has 2 aromatic carbocycles. The normalized spacial score (nSPS) is 10.8. The Balaban J connectivity index is 1.87. The summed E-state index contributed by atoms with van der Waals surface area (Å²) in [5, 5.41) is 4.07. The molecule has 3 nitrogen and oxygen atoms in total. The lowest BCUT2D eigenvalue weighted by molar-refractivity contribution is 0.102. The summed E-state index contributed by atoms with van der Waals surface area (Å²) in [5.41, 5.74) is 1.28. The minimum absolute atomic E-state index is 0.272. The van der Waals surface area contributed by atoms with Crippen LogP contribution in [0.5, 0.6) is 0 Å². The fraction of sp³-hybridized carbons (Fsp3) is 0. The highest BCUT2D eigenvalue weighted by Gasteiger charge is 2.11. The van der Waals surface area contributed by atoms with Gasteiger partial charge in [-0.1, -0.05) is 50.5 Å². The third-order valence-corrected chi connectivity index (χ3v) is 4.92. The van der Waals surface area contributed by atoms with Crippen molar-refractivity contribution in [2.45, 2.75) is 0 Å². The third kappa shape index (κ3) is 3.21. The topological polar surface area (TPSA) is 42.0 Å². The van der Waals surface area contributed by atoms with Gasteiger partial charge in [0.25, 0.3) is 5.91 Å². The molecule has 0 radical (unpaired) electrons. The smallest absolute Gasteiger partial charge is 0.257 e. The van der Waals surface area contributed by atoms with Crippen molar-refractivity contribution in [1.82, 2.24) is 4.98 Å². The Bertz CT molecular complexity index is 850. The van der Waals surface area contributed by atoms with Crippen molar-refractivity contribution in [2.24, 2.45) is 0 Å². The number of hydrogen-bond acceptors (Lipinski definition) is 3. The Morgan fingerprint density at radius 2 is 1.95 bits per heavy atom. The first-order valence-corrected chi connectivity index (χ1v) is 8.22. The van der Waals surface area contributed by atoms with Crippen LogP contribution < -0.4 is 5.32 Å². The molecular weight excluding hydrogens is 395 g/mol. The van der Waals surface area contributed by atoms with Crippen LogP contribution in [0.15, 0.2) is 40.9 Å². The molecule has 0 unspecified atom stereocenters. The molecule has 0 bridgehead atoms. The number of nitrogens with one attached hydrogen (secondary N) is 1. The van der Waals surface area contributed by atoms with E-state index in [-0.39, 0.29) is 5.91 Å². The van der Waals surface area contributed by atoms with Gasteiger partial charge in [0.05, 0.1) is 20.3 Å². The van der Waals surface area contributed by atoms with Gasteiger partial charge in [-0.2, -0.15) is 0 Å². The molecule has 0 spiro atoms. The molecule has 0 saturated carbocycles. The molecule has 0 saturated heterocycles. The summed E-state index contributed by atoms with van der Waals surface area (Å²) in [4.78, 5) is 16.5. The number of amides is 1. The second kappa shape index (κ2) is 5.93. The van der Waals surface area contributed by atoms with Crippen molar-refractivity contribution in [3.8, 4) is 0 Å². The number of hydrogen-bond donors (Lipinski definition) is 1. The maximum atomic E-state index is 12.2. The number of anilines is 1. The van der Waals surface area contributed by atoms with Crippen LogP contribution in [0.2, 0.25) is 10.0 Å². The minimum atomic E-state index is -0.272. The predicted molar refractivity (Wildman–Crippen MR) is 91.7 cm³/mol. The van der Waals surface area contributed by atoms with Crippen LogP contribution >= 0.6 is 50.5 Å². The van der Waals surface area contributed by atoms with E-state index in [1.807, 2.05) is 18.2 Å². The van der Waals surface area contributed by atoms with Crippen LogP contribution in [-0.2, 0) is 0 Å². The summed E-state index contributed by atoms with van der Waals surface area (Å²) >= 11 is 16.6. The van der Waals surface area contributed by atoms with Crippen LogP contribution in [0, 0.1) is 0 Å². The van der Waals surface area contributed by atoms with Gasteiger partial charge in [0, 0.05) is 10.0 Å². The van der Waals surface area contributed by atoms with Crippen molar-refractivity contribution < 1.29 is 4.79 Å². The first kappa shape index (κ1) is 14.8. The first-order valence-electron chi connectivity index (χ1n) is 5.85. The molecule has 106 valence electrons. The van der Waals surface area contributed by atoms with Gasteiger partial charge in [-0.25, -0.2) is 4.98 Å². The van der Waals surface area contributed by atoms with Gasteiger partial charge in [-0.15, -0.1) is 0 Å². The molecule has 0 aliphatic heterocycles. The monoisotopic (exact) mass is 400 g/mol. The highest BCUT2D eigenvalue weighted by atomic mass is 79.9. The van der Waals surface area contributed by atoms with Crippen LogP contribution in [0.4, 0.5) is 5.13 Å². The Labute approximate surface area is 143 Å². The van der Waals surface area contributed by atoms with E-state index in [2.05, 4.69) is 26.2 Å². The zero-order valence-electron chi connectivity index (χ0n) is 10.4. The van der Waals surface area contributed by atoms with Crippen LogP contribution in [-0.4, -0.2) is 10.9 Å². The maximum absolute atomic E-state index is 12.2. The molecule has 1 N–H and O–H groups in total. The lowest BCUT2D eigenvalue weighted by Crippen LogP contribution is -2.11. The first-order chi connectivity index (χ1) is 10.0. The molecular formula is C14H7BrCl2N2OS. The number of thiazole rings is 1. The number of halogens is 3. The van der Waals surface area contributed by atoms with Gasteiger partial charge in [-0.3, -0.25) is 10.1 Å². The van der Waals surface area contributed by atoms with Gasteiger partial charge in [0.15, 0.2) is 5.13 Å². The molecule has 0 fully saturated rings. The van der Waals surface area contributed by atoms with Crippen molar-refractivity contribution in [3.05, 3.63) is 56.5 Å². The van der Waals surface area contributed by atoms with E-state index >= 15 is 0 Å². The second-order valence-corrected chi connectivity index (χ2v) is 6.97. The summed E-state index contributed by atoms with van der Waals surface area (Å²) in [6.45, 7) is 0. The predicted octanol–water partition coefficient (Wildman–Crippen LogP) is 5.62. The molecule has 3 aromatic rings. The van der Waals surface area contributed by atoms with E-state index < -0.39 is 0 Å². The Morgan fingerprint density at radius 1 is 1.14 bits per heavy atom. The zero-order chi connectivity index (χ0) is 15.0. The third-order valence-electron chi connectivity index (χ3n) is 2.75. The van der Waals surface area contributed by atoms with E-state index in [0.29, 0.717) is 20.7 Å². The standard InChI is InChI=1S/C14H7BrCl2N2OS/c15-8-2-4-11-12(6-8)21-14(18-11)19-13(20)7-1-3-9(16)10(17)5-7/h1-6H,(H,18,19,20). The number of carbonyl (C=O) groups is 1. The molecule has 0 aliphatic rings. The zero-order valence-corrected chi connectivity index (χ0v) is 14.3. The fourth-order valence-electron chi connectivity index (χ4n) is 1.76. The number of rotatable bonds is 2. The van der Waals surface area contributed by atoms with Crippen molar-refractivity contribution in [3.63, 3.8) is 0 Å². The Kier molecular flexibility index (Phi) is 4.17. The minimum Gasteiger partial charge on any atom is -0.298 e. The molecule has 7 heteroatoms. The van der Waals surface area contributed by atoms with Gasteiger partial charge in [0.2, 0.25) is 0 Å². The average molecular weight is 402 g/mol. The second-order valence-electron chi connectivity index (χ2n) is 4.21. The van der Waals surface area contributed by atoms with Gasteiger partial charge in [0.1, 0.15) is 0 Å². The SMILES string of the molecule is O=C(Nc1nc2ccc(Br)cc2s1)c1ccc(Cl)c(Cl)c1. The van der Waals surface area contributed by atoms with E-state index in [4.69, 9.17) is 23.2 Å². The van der Waals surface area contributed by atoms with Crippen molar-refractivity contribution >= 4 is 71.7 Å². The van der Waals surface area contributed by atoms with Crippen molar-refractivity contribution in [1.29, 1.82) is 0 Å². The molecule has 1 amide bonds. The molecule has 1 heterocycles. The van der Waals surface area contributed by atoms with Crippen LogP contribution in [0.25, 0.3) is 10.2 Å². The number of fused-ring (bicyclic) bond motifs is 1. The number of aromatic nitrogens is 1. The molecule has 21 heavy (non-hydrogen) atoms. The summed E-state index contributed by atoms with van der Waals surface area (Å²) in [6, 6.07) is 10.5. The molecule has 0 atom stereocenters. The van der Waals surface area contributed by atoms with Crippen LogP contribution in [0.1, 0.15) is 10.4 Å². The molecule has 0 aliphatic carbocycles. The summed E-state index contributed by atoms with van der Waals surface area (Å²) in [7, 11) is 0. The van der Waals surface area contributed by atoms with Crippen LogP contribution in [0.3, 0.4) is 0 Å². The quantitative estimate of drug-likeness (QED) is 0.605. The van der Waals surface area contributed by atoms with Gasteiger partial charge in [-0.05, 0) is 36.4 Å². The average Bonchev–Trinajstić information content (AvgIpc) is 2.83. The van der Waals surface area contributed by atoms with Crippen molar-refractivity contribution in [2.75, 3.05) is 5.32 Å². The number of benzene rings is 2. The summed E-state index contributed by atoms with van der Waals surface area (Å²) in [5.74, 6) is -0.272. The van der Waals surface area contributed by atoms with E-state index in [9.17, 15) is 4.79 Å². The maximum Gasteiger partial charge on any atom is 0.257 e. The highest BCUT2D eigenvalue weighted by Crippen LogP contribution is 2.29. The van der Waals surface area contributed by atoms with E-state index in [0.717, 1.165) is 14.7 Å². The Morgan fingerprint density at radius 3 is 2.71 bits per heavy atom. The lowest BCUT2D eigenvalue weighted by Gasteiger charge is -2.02.